The molecule has 1 aliphatic heterocycles. The molecule has 0 aromatic heterocycles. The fourth-order valence-corrected chi connectivity index (χ4v) is 3.28. The molecule has 0 fully saturated rings. The van der Waals surface area contributed by atoms with Gasteiger partial charge in [-0.1, -0.05) is 37.3 Å². The van der Waals surface area contributed by atoms with Crippen molar-refractivity contribution in [1.82, 2.24) is 5.43 Å². The Labute approximate surface area is 145 Å². The molecule has 1 aliphatic rings. The summed E-state index contributed by atoms with van der Waals surface area (Å²) in [6.45, 7) is 5.79. The number of rotatable bonds is 4. The van der Waals surface area contributed by atoms with Crippen LogP contribution in [0.15, 0.2) is 47.6 Å². The molecule has 0 amide bonds. The highest BCUT2D eigenvalue weighted by molar-refractivity contribution is 6.07. The smallest absolute Gasteiger partial charge is 0.357 e. The standard InChI is InChI=1S/C19H20FN3O2/c1-4-16-21-22-19(18(24)25,14-8-10-15(20)11-9-14)23(16)17-12(2)6-5-7-13(17)3/h5-11,22H,4H2,1-3H3,(H,24,25). The number of anilines is 1. The van der Waals surface area contributed by atoms with E-state index in [1.165, 1.54) is 24.3 Å². The van der Waals surface area contributed by atoms with Crippen LogP contribution in [0.1, 0.15) is 30.0 Å². The molecule has 0 bridgehead atoms. The number of aryl methyl sites for hydroxylation is 2. The van der Waals surface area contributed by atoms with Crippen LogP contribution in [0.4, 0.5) is 10.1 Å². The summed E-state index contributed by atoms with van der Waals surface area (Å²) in [5.41, 5.74) is 4.28. The lowest BCUT2D eigenvalue weighted by molar-refractivity contribution is -0.144. The molecule has 2 aromatic rings. The van der Waals surface area contributed by atoms with Gasteiger partial charge in [0, 0.05) is 12.0 Å². The van der Waals surface area contributed by atoms with Gasteiger partial charge in [-0.2, -0.15) is 5.10 Å². The molecule has 25 heavy (non-hydrogen) atoms. The van der Waals surface area contributed by atoms with Gasteiger partial charge in [0.25, 0.3) is 5.66 Å². The molecule has 2 aromatic carbocycles. The van der Waals surface area contributed by atoms with Gasteiger partial charge < -0.3 is 5.11 Å². The summed E-state index contributed by atoms with van der Waals surface area (Å²) in [5, 5.41) is 14.4. The molecule has 1 unspecified atom stereocenters. The van der Waals surface area contributed by atoms with E-state index in [2.05, 4.69) is 10.5 Å². The monoisotopic (exact) mass is 341 g/mol. The number of hydrogen-bond donors (Lipinski definition) is 2. The number of carboxylic acid groups (broad SMARTS) is 1. The fourth-order valence-electron chi connectivity index (χ4n) is 3.28. The van der Waals surface area contributed by atoms with Gasteiger partial charge in [0.05, 0.1) is 5.69 Å². The predicted octanol–water partition coefficient (Wildman–Crippen LogP) is 3.51. The SMILES string of the molecule is CCC1=NNC(C(=O)O)(c2ccc(F)cc2)N1c1c(C)cccc1C. The molecular formula is C19H20FN3O2. The van der Waals surface area contributed by atoms with E-state index in [0.717, 1.165) is 16.8 Å². The average molecular weight is 341 g/mol. The van der Waals surface area contributed by atoms with E-state index >= 15 is 0 Å². The second kappa shape index (κ2) is 6.20. The third-order valence-corrected chi connectivity index (χ3v) is 4.49. The van der Waals surface area contributed by atoms with Gasteiger partial charge in [0.1, 0.15) is 11.7 Å². The van der Waals surface area contributed by atoms with Crippen LogP contribution in [0.3, 0.4) is 0 Å². The van der Waals surface area contributed by atoms with E-state index in [0.29, 0.717) is 17.8 Å². The summed E-state index contributed by atoms with van der Waals surface area (Å²) in [7, 11) is 0. The van der Waals surface area contributed by atoms with Crippen molar-refractivity contribution in [3.8, 4) is 0 Å². The van der Waals surface area contributed by atoms with Gasteiger partial charge in [-0.25, -0.2) is 9.18 Å². The van der Waals surface area contributed by atoms with E-state index in [9.17, 15) is 14.3 Å². The molecule has 0 saturated heterocycles. The number of nitrogens with zero attached hydrogens (tertiary/aromatic N) is 2. The summed E-state index contributed by atoms with van der Waals surface area (Å²) in [6.07, 6.45) is 0.553. The Hall–Kier alpha value is -2.89. The number of aliphatic carboxylic acids is 1. The van der Waals surface area contributed by atoms with E-state index in [4.69, 9.17) is 0 Å². The third-order valence-electron chi connectivity index (χ3n) is 4.49. The zero-order chi connectivity index (χ0) is 18.2. The van der Waals surface area contributed by atoms with Gasteiger partial charge >= 0.3 is 5.97 Å². The first kappa shape index (κ1) is 17.0. The second-order valence-corrected chi connectivity index (χ2v) is 6.09. The van der Waals surface area contributed by atoms with E-state index < -0.39 is 17.4 Å². The zero-order valence-corrected chi connectivity index (χ0v) is 14.4. The molecular weight excluding hydrogens is 321 g/mol. The first-order valence-corrected chi connectivity index (χ1v) is 8.11. The number of amidine groups is 1. The van der Waals surface area contributed by atoms with Crippen LogP contribution < -0.4 is 10.3 Å². The summed E-state index contributed by atoms with van der Waals surface area (Å²) < 4.78 is 13.4. The molecule has 0 aliphatic carbocycles. The molecule has 130 valence electrons. The molecule has 5 nitrogen and oxygen atoms in total. The highest BCUT2D eigenvalue weighted by Crippen LogP contribution is 2.39. The third kappa shape index (κ3) is 2.54. The van der Waals surface area contributed by atoms with Crippen LogP contribution in [-0.4, -0.2) is 16.9 Å². The highest BCUT2D eigenvalue weighted by atomic mass is 19.1. The predicted molar refractivity (Wildman–Crippen MR) is 95.0 cm³/mol. The Bertz CT molecular complexity index is 828. The molecule has 1 atom stereocenters. The minimum Gasteiger partial charge on any atom is -0.478 e. The van der Waals surface area contributed by atoms with Crippen LogP contribution in [0.2, 0.25) is 0 Å². The lowest BCUT2D eigenvalue weighted by atomic mass is 9.95. The molecule has 0 radical (unpaired) electrons. The number of benzene rings is 2. The molecule has 0 spiro atoms. The maximum Gasteiger partial charge on any atom is 0.357 e. The molecule has 0 saturated carbocycles. The van der Waals surface area contributed by atoms with Gasteiger partial charge in [-0.05, 0) is 37.1 Å². The van der Waals surface area contributed by atoms with Crippen molar-refractivity contribution < 1.29 is 14.3 Å². The largest absolute Gasteiger partial charge is 0.478 e. The first-order valence-electron chi connectivity index (χ1n) is 8.11. The van der Waals surface area contributed by atoms with Crippen molar-refractivity contribution in [1.29, 1.82) is 0 Å². The van der Waals surface area contributed by atoms with Crippen molar-refractivity contribution in [3.05, 3.63) is 65.0 Å². The number of carbonyl (C=O) groups is 1. The molecule has 3 rings (SSSR count). The van der Waals surface area contributed by atoms with Crippen molar-refractivity contribution in [2.24, 2.45) is 5.10 Å². The molecule has 1 heterocycles. The summed E-state index contributed by atoms with van der Waals surface area (Å²) in [4.78, 5) is 14.1. The van der Waals surface area contributed by atoms with Crippen molar-refractivity contribution in [2.45, 2.75) is 32.9 Å². The van der Waals surface area contributed by atoms with Crippen molar-refractivity contribution >= 4 is 17.5 Å². The Morgan fingerprint density at radius 3 is 2.32 bits per heavy atom. The first-order chi connectivity index (χ1) is 11.9. The summed E-state index contributed by atoms with van der Waals surface area (Å²) in [5.74, 6) is -0.907. The average Bonchev–Trinajstić information content (AvgIpc) is 2.96. The summed E-state index contributed by atoms with van der Waals surface area (Å²) >= 11 is 0. The lowest BCUT2D eigenvalue weighted by Gasteiger charge is -2.38. The normalized spacial score (nSPS) is 19.5. The summed E-state index contributed by atoms with van der Waals surface area (Å²) in [6, 6.07) is 11.3. The lowest BCUT2D eigenvalue weighted by Crippen LogP contribution is -2.57. The Morgan fingerprint density at radius 2 is 1.80 bits per heavy atom. The molecule has 2 N–H and O–H groups in total. The van der Waals surface area contributed by atoms with Gasteiger partial charge in [0.2, 0.25) is 0 Å². The van der Waals surface area contributed by atoms with Crippen LogP contribution in [-0.2, 0) is 10.5 Å². The Kier molecular flexibility index (Phi) is 4.20. The van der Waals surface area contributed by atoms with Gasteiger partial charge in [-0.3, -0.25) is 10.3 Å². The van der Waals surface area contributed by atoms with Crippen molar-refractivity contribution in [2.75, 3.05) is 4.90 Å². The number of hydrogen-bond acceptors (Lipinski definition) is 4. The van der Waals surface area contributed by atoms with E-state index in [1.807, 2.05) is 39.0 Å². The molecule has 6 heteroatoms. The van der Waals surface area contributed by atoms with Gasteiger partial charge in [0.15, 0.2) is 0 Å². The van der Waals surface area contributed by atoms with E-state index in [1.54, 1.807) is 4.90 Å². The van der Waals surface area contributed by atoms with E-state index in [-0.39, 0.29) is 0 Å². The minimum atomic E-state index is -1.62. The maximum atomic E-state index is 13.4. The van der Waals surface area contributed by atoms with Crippen LogP contribution >= 0.6 is 0 Å². The Morgan fingerprint density at radius 1 is 1.20 bits per heavy atom. The van der Waals surface area contributed by atoms with Crippen LogP contribution in [0.5, 0.6) is 0 Å². The van der Waals surface area contributed by atoms with Gasteiger partial charge in [-0.15, -0.1) is 0 Å². The number of para-hydroxylation sites is 1. The topological polar surface area (TPSA) is 64.9 Å². The number of nitrogens with one attached hydrogen (secondary N) is 1. The van der Waals surface area contributed by atoms with Crippen molar-refractivity contribution in [3.63, 3.8) is 0 Å². The van der Waals surface area contributed by atoms with Crippen LogP contribution in [0.25, 0.3) is 0 Å². The number of carboxylic acids is 1. The quantitative estimate of drug-likeness (QED) is 0.893. The zero-order valence-electron chi connectivity index (χ0n) is 14.4. The maximum absolute atomic E-state index is 13.4. The fraction of sp³-hybridized carbons (Fsp3) is 0.263. The number of hydrazone groups is 1. The Balaban J connectivity index is 2.28. The van der Waals surface area contributed by atoms with Crippen LogP contribution in [0, 0.1) is 19.7 Å². The number of halogens is 1. The minimum absolute atomic E-state index is 0.413. The second-order valence-electron chi connectivity index (χ2n) is 6.09. The highest BCUT2D eigenvalue weighted by Gasteiger charge is 2.52.